The number of hydrogen-bond donors (Lipinski definition) is 1. The van der Waals surface area contributed by atoms with Crippen molar-refractivity contribution in [2.45, 2.75) is 6.54 Å². The third-order valence-electron chi connectivity index (χ3n) is 4.34. The Morgan fingerprint density at radius 2 is 1.83 bits per heavy atom. The van der Waals surface area contributed by atoms with Crippen LogP contribution in [0.4, 0.5) is 0 Å². The minimum atomic E-state index is -0.189. The number of rotatable bonds is 5. The fourth-order valence-electron chi connectivity index (χ4n) is 2.81. The zero-order chi connectivity index (χ0) is 20.2. The summed E-state index contributed by atoms with van der Waals surface area (Å²) in [5.74, 6) is -0.189. The molecule has 0 fully saturated rings. The average molecular weight is 439 g/mol. The van der Waals surface area contributed by atoms with Gasteiger partial charge in [-0.2, -0.15) is 0 Å². The minimum absolute atomic E-state index is 0.189. The molecule has 1 N–H and O–H groups in total. The number of halogens is 2. The van der Waals surface area contributed by atoms with Gasteiger partial charge in [-0.25, -0.2) is 4.98 Å². The lowest BCUT2D eigenvalue weighted by Gasteiger charge is -2.04. The molecule has 1 amide bonds. The maximum atomic E-state index is 12.1. The van der Waals surface area contributed by atoms with Crippen LogP contribution < -0.4 is 5.32 Å². The summed E-state index contributed by atoms with van der Waals surface area (Å²) in [7, 11) is 0. The van der Waals surface area contributed by atoms with Crippen molar-refractivity contribution < 1.29 is 4.79 Å². The number of nitrogens with one attached hydrogen (secondary N) is 1. The summed E-state index contributed by atoms with van der Waals surface area (Å²) >= 11 is 13.7. The molecule has 3 nitrogen and oxygen atoms in total. The van der Waals surface area contributed by atoms with Gasteiger partial charge in [-0.05, 0) is 41.5 Å². The second kappa shape index (κ2) is 8.78. The fraction of sp³-hybridized carbons (Fsp3) is 0.0435. The quantitative estimate of drug-likeness (QED) is 0.356. The summed E-state index contributed by atoms with van der Waals surface area (Å²) < 4.78 is 1.17. The molecule has 0 aliphatic heterocycles. The molecule has 0 unspecified atom stereocenters. The largest absolute Gasteiger partial charge is 0.348 e. The van der Waals surface area contributed by atoms with Crippen molar-refractivity contribution in [2.24, 2.45) is 0 Å². The summed E-state index contributed by atoms with van der Waals surface area (Å²) in [6.07, 6.45) is 3.13. The Kier molecular flexibility index (Phi) is 5.95. The molecule has 4 aromatic rings. The van der Waals surface area contributed by atoms with Gasteiger partial charge in [0, 0.05) is 28.2 Å². The van der Waals surface area contributed by atoms with Crippen molar-refractivity contribution in [3.8, 4) is 10.6 Å². The van der Waals surface area contributed by atoms with Gasteiger partial charge < -0.3 is 5.32 Å². The zero-order valence-corrected chi connectivity index (χ0v) is 17.6. The monoisotopic (exact) mass is 438 g/mol. The third-order valence-corrected chi connectivity index (χ3v) is 5.99. The van der Waals surface area contributed by atoms with Crippen LogP contribution in [0.3, 0.4) is 0 Å². The first-order chi connectivity index (χ1) is 14.1. The van der Waals surface area contributed by atoms with Crippen LogP contribution in [-0.4, -0.2) is 10.9 Å². The maximum Gasteiger partial charge on any atom is 0.244 e. The van der Waals surface area contributed by atoms with Crippen molar-refractivity contribution in [3.63, 3.8) is 0 Å². The average Bonchev–Trinajstić information content (AvgIpc) is 3.16. The van der Waals surface area contributed by atoms with Crippen LogP contribution >= 0.6 is 34.5 Å². The summed E-state index contributed by atoms with van der Waals surface area (Å²) in [5.41, 5.74) is 3.84. The SMILES string of the molecule is O=C(C=Cc1ccc(Cl)cc1Cl)NCc1ccc(-c2nc3ccccc3s2)cc1. The summed E-state index contributed by atoms with van der Waals surface area (Å²) in [6.45, 7) is 0.442. The van der Waals surface area contributed by atoms with E-state index in [2.05, 4.69) is 16.4 Å². The standard InChI is InChI=1S/C23H16Cl2N2OS/c24-18-11-9-16(19(25)13-18)10-12-22(28)26-14-15-5-7-17(8-6-15)23-27-20-3-1-2-4-21(20)29-23/h1-13H,14H2,(H,26,28). The number of carbonyl (C=O) groups excluding carboxylic acids is 1. The molecular weight excluding hydrogens is 423 g/mol. The normalized spacial score (nSPS) is 11.2. The molecule has 29 heavy (non-hydrogen) atoms. The maximum absolute atomic E-state index is 12.1. The van der Waals surface area contributed by atoms with E-state index in [1.54, 1.807) is 35.6 Å². The van der Waals surface area contributed by atoms with Gasteiger partial charge >= 0.3 is 0 Å². The summed E-state index contributed by atoms with van der Waals surface area (Å²) in [4.78, 5) is 16.8. The Hall–Kier alpha value is -2.66. The molecule has 0 bridgehead atoms. The van der Waals surface area contributed by atoms with E-state index in [4.69, 9.17) is 23.2 Å². The Balaban J connectivity index is 1.37. The molecule has 0 saturated carbocycles. The predicted octanol–water partition coefficient (Wildman–Crippen LogP) is 6.60. The Labute approximate surface area is 182 Å². The molecule has 3 aromatic carbocycles. The lowest BCUT2D eigenvalue weighted by atomic mass is 10.1. The number of carbonyl (C=O) groups is 1. The molecule has 0 aliphatic rings. The van der Waals surface area contributed by atoms with Gasteiger partial charge in [0.05, 0.1) is 10.2 Å². The highest BCUT2D eigenvalue weighted by Crippen LogP contribution is 2.30. The fourth-order valence-corrected chi connectivity index (χ4v) is 4.25. The van der Waals surface area contributed by atoms with Crippen LogP contribution in [-0.2, 0) is 11.3 Å². The predicted molar refractivity (Wildman–Crippen MR) is 122 cm³/mol. The topological polar surface area (TPSA) is 42.0 Å². The van der Waals surface area contributed by atoms with Gasteiger partial charge in [0.15, 0.2) is 0 Å². The van der Waals surface area contributed by atoms with E-state index in [0.717, 1.165) is 27.2 Å². The molecule has 6 heteroatoms. The Bertz CT molecular complexity index is 1170. The van der Waals surface area contributed by atoms with Crippen LogP contribution in [0.1, 0.15) is 11.1 Å². The van der Waals surface area contributed by atoms with E-state index in [0.29, 0.717) is 16.6 Å². The van der Waals surface area contributed by atoms with E-state index in [-0.39, 0.29) is 5.91 Å². The first kappa shape index (κ1) is 19.6. The van der Waals surface area contributed by atoms with Crippen molar-refractivity contribution in [2.75, 3.05) is 0 Å². The number of thiazole rings is 1. The Morgan fingerprint density at radius 1 is 1.03 bits per heavy atom. The van der Waals surface area contributed by atoms with Gasteiger partial charge in [-0.15, -0.1) is 11.3 Å². The molecular formula is C23H16Cl2N2OS. The molecule has 1 heterocycles. The van der Waals surface area contributed by atoms with E-state index >= 15 is 0 Å². The number of hydrogen-bond acceptors (Lipinski definition) is 3. The van der Waals surface area contributed by atoms with Gasteiger partial charge in [0.2, 0.25) is 5.91 Å². The lowest BCUT2D eigenvalue weighted by Crippen LogP contribution is -2.20. The van der Waals surface area contributed by atoms with Crippen LogP contribution in [0.2, 0.25) is 10.0 Å². The van der Waals surface area contributed by atoms with Crippen molar-refractivity contribution in [3.05, 3.63) is 94.0 Å². The summed E-state index contributed by atoms with van der Waals surface area (Å²) in [5, 5.41) is 4.93. The van der Waals surface area contributed by atoms with E-state index in [1.165, 1.54) is 10.8 Å². The Morgan fingerprint density at radius 3 is 2.59 bits per heavy atom. The molecule has 0 radical (unpaired) electrons. The molecule has 0 aliphatic carbocycles. The highest BCUT2D eigenvalue weighted by Gasteiger charge is 2.06. The van der Waals surface area contributed by atoms with E-state index in [1.807, 2.05) is 42.5 Å². The molecule has 0 atom stereocenters. The van der Waals surface area contributed by atoms with E-state index in [9.17, 15) is 4.79 Å². The lowest BCUT2D eigenvalue weighted by molar-refractivity contribution is -0.116. The van der Waals surface area contributed by atoms with Gasteiger partial charge in [-0.3, -0.25) is 4.79 Å². The third kappa shape index (κ3) is 4.85. The van der Waals surface area contributed by atoms with Gasteiger partial charge in [0.1, 0.15) is 5.01 Å². The van der Waals surface area contributed by atoms with Crippen LogP contribution in [0.25, 0.3) is 26.9 Å². The van der Waals surface area contributed by atoms with Gasteiger partial charge in [-0.1, -0.05) is 65.7 Å². The van der Waals surface area contributed by atoms with Crippen LogP contribution in [0.5, 0.6) is 0 Å². The van der Waals surface area contributed by atoms with Crippen LogP contribution in [0.15, 0.2) is 72.8 Å². The highest BCUT2D eigenvalue weighted by atomic mass is 35.5. The smallest absolute Gasteiger partial charge is 0.244 e. The molecule has 0 spiro atoms. The number of para-hydroxylation sites is 1. The van der Waals surface area contributed by atoms with Gasteiger partial charge in [0.25, 0.3) is 0 Å². The second-order valence-corrected chi connectivity index (χ2v) is 8.27. The molecule has 144 valence electrons. The molecule has 1 aromatic heterocycles. The number of aromatic nitrogens is 1. The van der Waals surface area contributed by atoms with Crippen molar-refractivity contribution >= 4 is 56.7 Å². The number of nitrogens with zero attached hydrogens (tertiary/aromatic N) is 1. The van der Waals surface area contributed by atoms with Crippen LogP contribution in [0, 0.1) is 0 Å². The number of amides is 1. The first-order valence-corrected chi connectivity index (χ1v) is 10.5. The number of benzene rings is 3. The molecule has 4 rings (SSSR count). The van der Waals surface area contributed by atoms with E-state index < -0.39 is 0 Å². The number of fused-ring (bicyclic) bond motifs is 1. The summed E-state index contributed by atoms with van der Waals surface area (Å²) in [6, 6.07) is 21.3. The van der Waals surface area contributed by atoms with Crippen molar-refractivity contribution in [1.82, 2.24) is 10.3 Å². The minimum Gasteiger partial charge on any atom is -0.348 e. The highest BCUT2D eigenvalue weighted by molar-refractivity contribution is 7.21. The second-order valence-electron chi connectivity index (χ2n) is 6.40. The first-order valence-electron chi connectivity index (χ1n) is 8.94. The van der Waals surface area contributed by atoms with Crippen molar-refractivity contribution in [1.29, 1.82) is 0 Å². The molecule has 0 saturated heterocycles. The zero-order valence-electron chi connectivity index (χ0n) is 15.2.